The molecule has 3 rings (SSSR count). The summed E-state index contributed by atoms with van der Waals surface area (Å²) in [6.45, 7) is 0. The molecule has 0 saturated carbocycles. The van der Waals surface area contributed by atoms with E-state index in [1.807, 2.05) is 60.7 Å². The molecule has 1 aliphatic rings. The molecule has 96 valence electrons. The molecule has 0 unspecified atom stereocenters. The Labute approximate surface area is 116 Å². The van der Waals surface area contributed by atoms with Gasteiger partial charge in [-0.1, -0.05) is 41.9 Å². The molecule has 19 heavy (non-hydrogen) atoms. The highest BCUT2D eigenvalue weighted by atomic mass is 35.5. The van der Waals surface area contributed by atoms with E-state index < -0.39 is 0 Å². The van der Waals surface area contributed by atoms with Crippen LogP contribution >= 0.6 is 11.6 Å². The van der Waals surface area contributed by atoms with Crippen molar-refractivity contribution in [1.29, 1.82) is 0 Å². The van der Waals surface area contributed by atoms with Crippen molar-refractivity contribution >= 4 is 11.6 Å². The van der Waals surface area contributed by atoms with Crippen molar-refractivity contribution in [3.63, 3.8) is 0 Å². The van der Waals surface area contributed by atoms with Gasteiger partial charge in [0.25, 0.3) is 0 Å². The van der Waals surface area contributed by atoms with Crippen molar-refractivity contribution in [1.82, 2.24) is 5.48 Å². The van der Waals surface area contributed by atoms with E-state index in [-0.39, 0.29) is 6.10 Å². The van der Waals surface area contributed by atoms with Crippen molar-refractivity contribution < 1.29 is 9.57 Å². The summed E-state index contributed by atoms with van der Waals surface area (Å²) in [4.78, 5) is 5.29. The summed E-state index contributed by atoms with van der Waals surface area (Å²) < 4.78 is 5.72. The molecule has 1 N–H and O–H groups in total. The summed E-state index contributed by atoms with van der Waals surface area (Å²) >= 11 is 5.80. The molecule has 0 amide bonds. The highest BCUT2D eigenvalue weighted by Gasteiger charge is 2.16. The number of para-hydroxylation sites is 1. The molecule has 0 aliphatic carbocycles. The molecule has 2 aromatic rings. The van der Waals surface area contributed by atoms with Crippen LogP contribution in [0.3, 0.4) is 0 Å². The molecule has 0 saturated heterocycles. The Bertz CT molecular complexity index is 581. The van der Waals surface area contributed by atoms with E-state index in [9.17, 15) is 0 Å². The highest BCUT2D eigenvalue weighted by molar-refractivity contribution is 6.29. The number of hydrogen-bond acceptors (Lipinski definition) is 3. The predicted molar refractivity (Wildman–Crippen MR) is 73.9 cm³/mol. The maximum absolute atomic E-state index is 5.80. The van der Waals surface area contributed by atoms with Crippen LogP contribution < -0.4 is 10.2 Å². The molecular formula is C15H12ClNO2. The van der Waals surface area contributed by atoms with Crippen molar-refractivity contribution in [2.24, 2.45) is 0 Å². The normalized spacial score (nSPS) is 17.7. The molecule has 2 aromatic carbocycles. The van der Waals surface area contributed by atoms with Gasteiger partial charge in [0, 0.05) is 0 Å². The first-order chi connectivity index (χ1) is 9.31. The molecule has 1 aliphatic heterocycles. The van der Waals surface area contributed by atoms with E-state index in [4.69, 9.17) is 21.2 Å². The Morgan fingerprint density at radius 2 is 1.63 bits per heavy atom. The summed E-state index contributed by atoms with van der Waals surface area (Å²) in [5, 5.41) is 0.509. The first-order valence-electron chi connectivity index (χ1n) is 5.93. The number of halogens is 1. The second kappa shape index (κ2) is 5.34. The maximum atomic E-state index is 5.80. The van der Waals surface area contributed by atoms with Crippen LogP contribution in [0.15, 0.2) is 65.8 Å². The number of hydrogen-bond donors (Lipinski definition) is 1. The van der Waals surface area contributed by atoms with Gasteiger partial charge in [-0.2, -0.15) is 0 Å². The van der Waals surface area contributed by atoms with Crippen molar-refractivity contribution in [3.8, 4) is 11.5 Å². The van der Waals surface area contributed by atoms with Gasteiger partial charge in [0.05, 0.1) is 0 Å². The van der Waals surface area contributed by atoms with E-state index in [0.717, 1.165) is 17.1 Å². The van der Waals surface area contributed by atoms with Gasteiger partial charge in [-0.3, -0.25) is 10.3 Å². The zero-order valence-electron chi connectivity index (χ0n) is 10.0. The lowest BCUT2D eigenvalue weighted by molar-refractivity contribution is 0.0451. The van der Waals surface area contributed by atoms with E-state index >= 15 is 0 Å². The maximum Gasteiger partial charge on any atom is 0.132 e. The van der Waals surface area contributed by atoms with E-state index in [2.05, 4.69) is 5.48 Å². The lowest BCUT2D eigenvalue weighted by atomic mass is 10.1. The molecule has 0 aromatic heterocycles. The molecule has 0 bridgehead atoms. The van der Waals surface area contributed by atoms with Crippen LogP contribution in [0.4, 0.5) is 0 Å². The van der Waals surface area contributed by atoms with Crippen molar-refractivity contribution in [3.05, 3.63) is 71.4 Å². The fourth-order valence-corrected chi connectivity index (χ4v) is 1.99. The van der Waals surface area contributed by atoms with Gasteiger partial charge >= 0.3 is 0 Å². The lowest BCUT2D eigenvalue weighted by Crippen LogP contribution is -2.05. The van der Waals surface area contributed by atoms with Gasteiger partial charge in [0.15, 0.2) is 0 Å². The Morgan fingerprint density at radius 3 is 2.26 bits per heavy atom. The van der Waals surface area contributed by atoms with Crippen LogP contribution in [-0.2, 0) is 4.84 Å². The zero-order valence-corrected chi connectivity index (χ0v) is 10.8. The van der Waals surface area contributed by atoms with Crippen LogP contribution in [0.1, 0.15) is 11.7 Å². The fourth-order valence-electron chi connectivity index (χ4n) is 1.84. The van der Waals surface area contributed by atoms with Crippen LogP contribution in [-0.4, -0.2) is 0 Å². The third-order valence-electron chi connectivity index (χ3n) is 2.77. The van der Waals surface area contributed by atoms with Crippen LogP contribution in [0.25, 0.3) is 0 Å². The minimum Gasteiger partial charge on any atom is -0.457 e. The topological polar surface area (TPSA) is 30.5 Å². The Balaban J connectivity index is 1.73. The second-order valence-electron chi connectivity index (χ2n) is 4.14. The molecule has 0 fully saturated rings. The number of rotatable bonds is 3. The van der Waals surface area contributed by atoms with Crippen LogP contribution in [0, 0.1) is 0 Å². The van der Waals surface area contributed by atoms with E-state index in [0.29, 0.717) is 5.16 Å². The Kier molecular flexibility index (Phi) is 3.40. The summed E-state index contributed by atoms with van der Waals surface area (Å²) in [5.41, 5.74) is 3.63. The van der Waals surface area contributed by atoms with Gasteiger partial charge in [-0.05, 0) is 35.9 Å². The molecule has 4 heteroatoms. The van der Waals surface area contributed by atoms with Gasteiger partial charge < -0.3 is 4.74 Å². The van der Waals surface area contributed by atoms with Gasteiger partial charge in [-0.15, -0.1) is 0 Å². The van der Waals surface area contributed by atoms with Crippen LogP contribution in [0.5, 0.6) is 11.5 Å². The number of ether oxygens (including phenoxy) is 1. The summed E-state index contributed by atoms with van der Waals surface area (Å²) in [6.07, 6.45) is 1.66. The molecule has 0 radical (unpaired) electrons. The Hall–Kier alpha value is -1.97. The van der Waals surface area contributed by atoms with Gasteiger partial charge in [0.2, 0.25) is 0 Å². The first-order valence-corrected chi connectivity index (χ1v) is 6.31. The summed E-state index contributed by atoms with van der Waals surface area (Å²) in [6, 6.07) is 17.4. The van der Waals surface area contributed by atoms with Crippen LogP contribution in [0.2, 0.25) is 0 Å². The SMILES string of the molecule is ClC1=C[C@@H](c2ccc(Oc3ccccc3)cc2)ON1. The molecule has 0 spiro atoms. The smallest absolute Gasteiger partial charge is 0.132 e. The average molecular weight is 274 g/mol. The molecule has 1 heterocycles. The predicted octanol–water partition coefficient (Wildman–Crippen LogP) is 4.14. The number of benzene rings is 2. The zero-order chi connectivity index (χ0) is 13.1. The standard InChI is InChI=1S/C15H12ClNO2/c16-15-10-14(19-17-15)11-6-8-13(9-7-11)18-12-4-2-1-3-5-12/h1-10,14,17H/t14-/m0/s1. The van der Waals surface area contributed by atoms with E-state index in [1.54, 1.807) is 0 Å². The largest absolute Gasteiger partial charge is 0.457 e. The Morgan fingerprint density at radius 1 is 0.947 bits per heavy atom. The molecule has 1 atom stereocenters. The van der Waals surface area contributed by atoms with Gasteiger partial charge in [-0.25, -0.2) is 0 Å². The summed E-state index contributed by atoms with van der Waals surface area (Å²) in [7, 11) is 0. The first kappa shape index (κ1) is 12.1. The average Bonchev–Trinajstić information content (AvgIpc) is 2.87. The fraction of sp³-hybridized carbons (Fsp3) is 0.0667. The third-order valence-corrected chi connectivity index (χ3v) is 2.97. The third kappa shape index (κ3) is 2.89. The van der Waals surface area contributed by atoms with Crippen molar-refractivity contribution in [2.75, 3.05) is 0 Å². The molecule has 3 nitrogen and oxygen atoms in total. The quantitative estimate of drug-likeness (QED) is 0.853. The second-order valence-corrected chi connectivity index (χ2v) is 4.55. The number of nitrogens with one attached hydrogen (secondary N) is 1. The number of hydroxylamine groups is 1. The summed E-state index contributed by atoms with van der Waals surface area (Å²) in [5.74, 6) is 1.60. The molecular weight excluding hydrogens is 262 g/mol. The lowest BCUT2D eigenvalue weighted by Gasteiger charge is -2.09. The highest BCUT2D eigenvalue weighted by Crippen LogP contribution is 2.28. The minimum absolute atomic E-state index is 0.154. The van der Waals surface area contributed by atoms with Crippen molar-refractivity contribution in [2.45, 2.75) is 6.10 Å². The monoisotopic (exact) mass is 273 g/mol. The minimum atomic E-state index is -0.154. The van der Waals surface area contributed by atoms with Gasteiger partial charge in [0.1, 0.15) is 22.8 Å². The van der Waals surface area contributed by atoms with E-state index in [1.165, 1.54) is 0 Å².